The van der Waals surface area contributed by atoms with Crippen molar-refractivity contribution in [3.63, 3.8) is 0 Å². The Morgan fingerprint density at radius 2 is 1.48 bits per heavy atom. The molecule has 0 fully saturated rings. The van der Waals surface area contributed by atoms with Crippen molar-refractivity contribution in [2.75, 3.05) is 19.0 Å². The van der Waals surface area contributed by atoms with E-state index in [1.165, 1.54) is 18.2 Å². The molecule has 154 valence electrons. The molecule has 0 saturated carbocycles. The third-order valence-corrected chi connectivity index (χ3v) is 5.64. The van der Waals surface area contributed by atoms with Crippen molar-refractivity contribution in [2.24, 2.45) is 0 Å². The van der Waals surface area contributed by atoms with Gasteiger partial charge in [-0.15, -0.1) is 0 Å². The van der Waals surface area contributed by atoms with Crippen molar-refractivity contribution >= 4 is 26.6 Å². The van der Waals surface area contributed by atoms with Crippen molar-refractivity contribution in [2.45, 2.75) is 17.2 Å². The maximum absolute atomic E-state index is 13.5. The molecule has 0 aliphatic rings. The van der Waals surface area contributed by atoms with Crippen LogP contribution >= 0.6 is 0 Å². The lowest BCUT2D eigenvalue weighted by molar-refractivity contribution is -0.196. The van der Waals surface area contributed by atoms with Crippen LogP contribution in [0.3, 0.4) is 0 Å². The topological polar surface area (TPSA) is 46.6 Å². The summed E-state index contributed by atoms with van der Waals surface area (Å²) in [5.74, 6) is -0.747. The Morgan fingerprint density at radius 3 is 2.07 bits per heavy atom. The maximum Gasteiger partial charge on any atom is 0.420 e. The molecule has 0 saturated heterocycles. The molecule has 0 aliphatic heterocycles. The van der Waals surface area contributed by atoms with Gasteiger partial charge in [-0.05, 0) is 29.8 Å². The van der Waals surface area contributed by atoms with Crippen LogP contribution in [0.2, 0.25) is 0 Å². The van der Waals surface area contributed by atoms with Gasteiger partial charge in [0.05, 0.1) is 0 Å². The smallest absolute Gasteiger partial charge is 0.377 e. The zero-order valence-electron chi connectivity index (χ0n) is 15.4. The molecule has 0 aliphatic carbocycles. The summed E-state index contributed by atoms with van der Waals surface area (Å²) in [6.45, 7) is 0. The van der Waals surface area contributed by atoms with Crippen molar-refractivity contribution in [3.8, 4) is 0 Å². The fraction of sp³-hybridized carbons (Fsp3) is 0.200. The highest BCUT2D eigenvalue weighted by Gasteiger charge is 2.45. The lowest BCUT2D eigenvalue weighted by atomic mass is 10.1. The van der Waals surface area contributed by atoms with Gasteiger partial charge in [0.1, 0.15) is 10.7 Å². The predicted octanol–water partition coefficient (Wildman–Crippen LogP) is 5.05. The number of halogens is 4. The highest BCUT2D eigenvalue weighted by molar-refractivity contribution is 7.87. The first-order chi connectivity index (χ1) is 13.5. The molecule has 0 N–H and O–H groups in total. The average molecular weight is 427 g/mol. The number of benzene rings is 3. The van der Waals surface area contributed by atoms with Gasteiger partial charge in [-0.3, -0.25) is 0 Å². The summed E-state index contributed by atoms with van der Waals surface area (Å²) in [6, 6.07) is 12.5. The number of nitrogens with zero attached hydrogens (tertiary/aromatic N) is 1. The summed E-state index contributed by atoms with van der Waals surface area (Å²) in [5.41, 5.74) is 0.183. The van der Waals surface area contributed by atoms with Crippen LogP contribution in [0.25, 0.3) is 10.8 Å². The zero-order chi connectivity index (χ0) is 21.4. The van der Waals surface area contributed by atoms with E-state index in [9.17, 15) is 26.0 Å². The predicted molar refractivity (Wildman–Crippen MR) is 102 cm³/mol. The molecule has 3 aromatic carbocycles. The average Bonchev–Trinajstić information content (AvgIpc) is 2.65. The molecule has 0 radical (unpaired) electrons. The third-order valence-electron chi connectivity index (χ3n) is 4.30. The van der Waals surface area contributed by atoms with Crippen LogP contribution in [0.15, 0.2) is 65.6 Å². The number of rotatable bonds is 5. The Balaban J connectivity index is 2.11. The first-order valence-electron chi connectivity index (χ1n) is 8.45. The number of fused-ring (bicyclic) bond motifs is 1. The van der Waals surface area contributed by atoms with Crippen molar-refractivity contribution in [1.82, 2.24) is 0 Å². The summed E-state index contributed by atoms with van der Waals surface area (Å²) in [4.78, 5) is 1.38. The van der Waals surface area contributed by atoms with Crippen molar-refractivity contribution < 1.29 is 30.2 Å². The Kier molecular flexibility index (Phi) is 5.55. The number of hydrogen-bond donors (Lipinski definition) is 0. The molecule has 0 heterocycles. The van der Waals surface area contributed by atoms with Crippen LogP contribution < -0.4 is 4.90 Å². The molecule has 1 unspecified atom stereocenters. The molecular formula is C20H17F4NO3S. The number of hydrogen-bond acceptors (Lipinski definition) is 4. The van der Waals surface area contributed by atoms with Crippen molar-refractivity contribution in [1.29, 1.82) is 0 Å². The second-order valence-electron chi connectivity index (χ2n) is 6.55. The molecule has 0 spiro atoms. The van der Waals surface area contributed by atoms with Crippen LogP contribution in [0.4, 0.5) is 23.2 Å². The van der Waals surface area contributed by atoms with Gasteiger partial charge in [0.15, 0.2) is 6.10 Å². The van der Waals surface area contributed by atoms with Crippen molar-refractivity contribution in [3.05, 3.63) is 72.0 Å². The molecule has 9 heteroatoms. The van der Waals surface area contributed by atoms with Gasteiger partial charge in [-0.25, -0.2) is 8.57 Å². The minimum absolute atomic E-state index is 0.235. The summed E-state index contributed by atoms with van der Waals surface area (Å²) < 4.78 is 84.0. The fourth-order valence-corrected chi connectivity index (χ4v) is 4.26. The summed E-state index contributed by atoms with van der Waals surface area (Å²) in [7, 11) is -1.27. The van der Waals surface area contributed by atoms with Crippen LogP contribution in [-0.2, 0) is 14.3 Å². The Hall–Kier alpha value is -2.65. The molecule has 4 nitrogen and oxygen atoms in total. The van der Waals surface area contributed by atoms with E-state index in [-0.39, 0.29) is 10.3 Å². The molecule has 0 bridgehead atoms. The Morgan fingerprint density at radius 1 is 0.897 bits per heavy atom. The molecular weight excluding hydrogens is 410 g/mol. The summed E-state index contributed by atoms with van der Waals surface area (Å²) in [5, 5.41) is 0.784. The van der Waals surface area contributed by atoms with E-state index in [4.69, 9.17) is 0 Å². The molecule has 3 aromatic rings. The van der Waals surface area contributed by atoms with Crippen LogP contribution in [-0.4, -0.2) is 28.7 Å². The lowest BCUT2D eigenvalue weighted by Crippen LogP contribution is -2.26. The molecule has 3 rings (SSSR count). The summed E-state index contributed by atoms with van der Waals surface area (Å²) >= 11 is 0. The normalized spacial score (nSPS) is 13.4. The summed E-state index contributed by atoms with van der Waals surface area (Å²) in [6.07, 6.45) is -7.79. The van der Waals surface area contributed by atoms with Gasteiger partial charge < -0.3 is 4.90 Å². The quantitative estimate of drug-likeness (QED) is 0.422. The van der Waals surface area contributed by atoms with E-state index in [0.717, 1.165) is 24.3 Å². The van der Waals surface area contributed by atoms with Gasteiger partial charge >= 0.3 is 6.18 Å². The van der Waals surface area contributed by atoms with E-state index in [2.05, 4.69) is 4.18 Å². The maximum atomic E-state index is 13.5. The monoisotopic (exact) mass is 427 g/mol. The van der Waals surface area contributed by atoms with E-state index >= 15 is 0 Å². The number of alkyl halides is 3. The standard InChI is InChI=1S/C20H17F4NO3S/c1-25(2)17-7-3-6-16-15(17)5-4-8-18(16)29(26,27)28-19(20(22,23)24)13-9-11-14(21)12-10-13/h3-12,19H,1-2H3. The second kappa shape index (κ2) is 7.64. The third kappa shape index (κ3) is 4.35. The van der Waals surface area contributed by atoms with Gasteiger partial charge in [-0.2, -0.15) is 21.6 Å². The van der Waals surface area contributed by atoms with E-state index < -0.39 is 33.8 Å². The highest BCUT2D eigenvalue weighted by atomic mass is 32.2. The largest absolute Gasteiger partial charge is 0.420 e. The molecule has 29 heavy (non-hydrogen) atoms. The molecule has 1 atom stereocenters. The Labute approximate surface area is 165 Å². The zero-order valence-corrected chi connectivity index (χ0v) is 16.3. The minimum Gasteiger partial charge on any atom is -0.377 e. The number of anilines is 1. The molecule has 0 aromatic heterocycles. The van der Waals surface area contributed by atoms with Gasteiger partial charge in [0.25, 0.3) is 10.1 Å². The van der Waals surface area contributed by atoms with Crippen LogP contribution in [0.1, 0.15) is 11.7 Å². The lowest BCUT2D eigenvalue weighted by Gasteiger charge is -2.22. The van der Waals surface area contributed by atoms with E-state index in [1.54, 1.807) is 37.2 Å². The SMILES string of the molecule is CN(C)c1cccc2c(S(=O)(=O)OC(c3ccc(F)cc3)C(F)(F)F)cccc12. The van der Waals surface area contributed by atoms with Crippen LogP contribution in [0, 0.1) is 5.82 Å². The van der Waals surface area contributed by atoms with Gasteiger partial charge in [0, 0.05) is 30.6 Å². The fourth-order valence-electron chi connectivity index (χ4n) is 2.99. The molecule has 0 amide bonds. The minimum atomic E-state index is -5.02. The first-order valence-corrected chi connectivity index (χ1v) is 9.86. The second-order valence-corrected chi connectivity index (χ2v) is 8.09. The van der Waals surface area contributed by atoms with Gasteiger partial charge in [-0.1, -0.05) is 36.4 Å². The Bertz CT molecular complexity index is 1130. The first kappa shape index (κ1) is 21.1. The highest BCUT2D eigenvalue weighted by Crippen LogP contribution is 2.39. The van der Waals surface area contributed by atoms with E-state index in [0.29, 0.717) is 11.1 Å². The van der Waals surface area contributed by atoms with Gasteiger partial charge in [0.2, 0.25) is 0 Å². The van der Waals surface area contributed by atoms with Crippen LogP contribution in [0.5, 0.6) is 0 Å². The van der Waals surface area contributed by atoms with E-state index in [1.807, 2.05) is 0 Å².